The normalized spacial score (nSPS) is 11.1. The molecule has 3 nitrogen and oxygen atoms in total. The molecule has 0 atom stereocenters. The fourth-order valence-electron chi connectivity index (χ4n) is 2.90. The van der Waals surface area contributed by atoms with Crippen LogP contribution in [0.25, 0.3) is 0 Å². The number of carbonyl (C=O) groups is 2. The quantitative estimate of drug-likeness (QED) is 0.554. The van der Waals surface area contributed by atoms with E-state index in [9.17, 15) is 22.8 Å². The van der Waals surface area contributed by atoms with Crippen LogP contribution in [0.2, 0.25) is 0 Å². The molecule has 0 saturated heterocycles. The monoisotopic (exact) mass is 397 g/mol. The maximum absolute atomic E-state index is 12.7. The molecule has 0 aromatic heterocycles. The van der Waals surface area contributed by atoms with Gasteiger partial charge in [-0.15, -0.1) is 0 Å². The van der Waals surface area contributed by atoms with Crippen LogP contribution < -0.4 is 5.32 Å². The summed E-state index contributed by atoms with van der Waals surface area (Å²) in [6.07, 6.45) is -2.60. The Morgan fingerprint density at radius 3 is 2.10 bits per heavy atom. The molecular formula is C23H18F3NO2. The fraction of sp³-hybridized carbons (Fsp3) is 0.130. The van der Waals surface area contributed by atoms with Gasteiger partial charge in [0.15, 0.2) is 6.29 Å². The van der Waals surface area contributed by atoms with Gasteiger partial charge in [-0.2, -0.15) is 13.2 Å². The van der Waals surface area contributed by atoms with Gasteiger partial charge < -0.3 is 5.32 Å². The molecule has 0 radical (unpaired) electrons. The van der Waals surface area contributed by atoms with Crippen molar-refractivity contribution in [1.82, 2.24) is 0 Å². The van der Waals surface area contributed by atoms with Crippen LogP contribution in [0.3, 0.4) is 0 Å². The maximum Gasteiger partial charge on any atom is 0.416 e. The Hall–Kier alpha value is -3.41. The summed E-state index contributed by atoms with van der Waals surface area (Å²) >= 11 is 0. The van der Waals surface area contributed by atoms with Crippen molar-refractivity contribution in [3.8, 4) is 0 Å². The van der Waals surface area contributed by atoms with Gasteiger partial charge in [-0.25, -0.2) is 0 Å². The molecule has 1 N–H and O–H groups in total. The first-order valence-electron chi connectivity index (χ1n) is 8.97. The van der Waals surface area contributed by atoms with Gasteiger partial charge in [0.05, 0.1) is 11.3 Å². The van der Waals surface area contributed by atoms with Crippen molar-refractivity contribution in [1.29, 1.82) is 0 Å². The maximum atomic E-state index is 12.7. The highest BCUT2D eigenvalue weighted by atomic mass is 19.4. The van der Waals surface area contributed by atoms with Crippen LogP contribution in [0.1, 0.15) is 37.4 Å². The number of benzene rings is 3. The van der Waals surface area contributed by atoms with E-state index in [-0.39, 0.29) is 5.91 Å². The van der Waals surface area contributed by atoms with Gasteiger partial charge in [-0.05, 0) is 60.4 Å². The van der Waals surface area contributed by atoms with Crippen molar-refractivity contribution < 1.29 is 22.8 Å². The molecule has 0 bridgehead atoms. The highest BCUT2D eigenvalue weighted by molar-refractivity contribution is 6.06. The first-order chi connectivity index (χ1) is 13.9. The standard InChI is InChI=1S/C23H18F3NO2/c24-23(25,26)20-12-9-16(10-13-20)6-7-17-8-11-19(15-28)21(14-17)27-22(29)18-4-2-1-3-5-18/h1-5,8-15H,6-7H2,(H,27,29). The number of amides is 1. The minimum absolute atomic E-state index is 0.325. The Balaban J connectivity index is 1.71. The molecule has 1 amide bonds. The van der Waals surface area contributed by atoms with Gasteiger partial charge in [0.1, 0.15) is 0 Å². The van der Waals surface area contributed by atoms with E-state index in [4.69, 9.17) is 0 Å². The molecule has 0 aliphatic rings. The Morgan fingerprint density at radius 1 is 0.862 bits per heavy atom. The zero-order valence-electron chi connectivity index (χ0n) is 15.4. The lowest BCUT2D eigenvalue weighted by Gasteiger charge is -2.11. The smallest absolute Gasteiger partial charge is 0.321 e. The van der Waals surface area contributed by atoms with Crippen LogP contribution in [0, 0.1) is 0 Å². The second-order valence-corrected chi connectivity index (χ2v) is 6.55. The van der Waals surface area contributed by atoms with E-state index in [1.807, 2.05) is 0 Å². The predicted molar refractivity (Wildman–Crippen MR) is 105 cm³/mol. The second-order valence-electron chi connectivity index (χ2n) is 6.55. The van der Waals surface area contributed by atoms with Crippen LogP contribution >= 0.6 is 0 Å². The van der Waals surface area contributed by atoms with E-state index in [0.29, 0.717) is 35.9 Å². The molecule has 0 aliphatic heterocycles. The second kappa shape index (κ2) is 8.73. The lowest BCUT2D eigenvalue weighted by Crippen LogP contribution is -2.13. The van der Waals surface area contributed by atoms with Gasteiger partial charge >= 0.3 is 6.18 Å². The molecule has 6 heteroatoms. The third-order valence-electron chi connectivity index (χ3n) is 4.51. The van der Waals surface area contributed by atoms with E-state index in [1.54, 1.807) is 48.5 Å². The summed E-state index contributed by atoms with van der Waals surface area (Å²) in [7, 11) is 0. The van der Waals surface area contributed by atoms with Crippen molar-refractivity contribution in [3.05, 3.63) is 101 Å². The van der Waals surface area contributed by atoms with E-state index in [0.717, 1.165) is 23.3 Å². The molecule has 0 heterocycles. The molecule has 0 aliphatic carbocycles. The van der Waals surface area contributed by atoms with Crippen LogP contribution in [0.4, 0.5) is 18.9 Å². The van der Waals surface area contributed by atoms with Crippen LogP contribution in [0.5, 0.6) is 0 Å². The van der Waals surface area contributed by atoms with Crippen molar-refractivity contribution in [2.75, 3.05) is 5.32 Å². The number of carbonyl (C=O) groups excluding carboxylic acids is 2. The number of alkyl halides is 3. The van der Waals surface area contributed by atoms with Crippen LogP contribution in [-0.2, 0) is 19.0 Å². The van der Waals surface area contributed by atoms with Gasteiger partial charge in [0, 0.05) is 11.1 Å². The van der Waals surface area contributed by atoms with Gasteiger partial charge in [0.2, 0.25) is 0 Å². The number of aryl methyl sites for hydroxylation is 2. The molecule has 3 aromatic carbocycles. The zero-order chi connectivity index (χ0) is 20.9. The third kappa shape index (κ3) is 5.31. The van der Waals surface area contributed by atoms with Crippen molar-refractivity contribution >= 4 is 17.9 Å². The van der Waals surface area contributed by atoms with E-state index >= 15 is 0 Å². The lowest BCUT2D eigenvalue weighted by molar-refractivity contribution is -0.137. The molecule has 3 aromatic rings. The summed E-state index contributed by atoms with van der Waals surface area (Å²) in [5.74, 6) is -0.325. The minimum atomic E-state index is -4.35. The SMILES string of the molecule is O=Cc1ccc(CCc2ccc(C(F)(F)F)cc2)cc1NC(=O)c1ccccc1. The summed E-state index contributed by atoms with van der Waals surface area (Å²) in [5, 5.41) is 2.75. The molecule has 0 saturated carbocycles. The molecule has 29 heavy (non-hydrogen) atoms. The van der Waals surface area contributed by atoms with Gasteiger partial charge in [-0.1, -0.05) is 36.4 Å². The molecule has 0 unspecified atom stereocenters. The number of anilines is 1. The highest BCUT2D eigenvalue weighted by Gasteiger charge is 2.29. The van der Waals surface area contributed by atoms with Crippen molar-refractivity contribution in [2.24, 2.45) is 0 Å². The zero-order valence-corrected chi connectivity index (χ0v) is 15.4. The van der Waals surface area contributed by atoms with Gasteiger partial charge in [-0.3, -0.25) is 9.59 Å². The minimum Gasteiger partial charge on any atom is -0.321 e. The topological polar surface area (TPSA) is 46.2 Å². The third-order valence-corrected chi connectivity index (χ3v) is 4.51. The summed E-state index contributed by atoms with van der Waals surface area (Å²) in [6.45, 7) is 0. The van der Waals surface area contributed by atoms with Crippen LogP contribution in [0.15, 0.2) is 72.8 Å². The average Bonchev–Trinajstić information content (AvgIpc) is 2.72. The summed E-state index contributed by atoms with van der Waals surface area (Å²) < 4.78 is 38.0. The number of aldehydes is 1. The van der Waals surface area contributed by atoms with E-state index in [2.05, 4.69) is 5.32 Å². The summed E-state index contributed by atoms with van der Waals surface area (Å²) in [6, 6.07) is 18.8. The molecule has 0 fully saturated rings. The Morgan fingerprint density at radius 2 is 1.48 bits per heavy atom. The molecule has 0 spiro atoms. The Kier molecular flexibility index (Phi) is 6.12. The lowest BCUT2D eigenvalue weighted by atomic mass is 10.0. The number of rotatable bonds is 6. The Bertz CT molecular complexity index is 997. The average molecular weight is 397 g/mol. The van der Waals surface area contributed by atoms with Crippen molar-refractivity contribution in [2.45, 2.75) is 19.0 Å². The fourth-order valence-corrected chi connectivity index (χ4v) is 2.90. The predicted octanol–water partition coefficient (Wildman–Crippen LogP) is 5.56. The first kappa shape index (κ1) is 20.3. The van der Waals surface area contributed by atoms with E-state index in [1.165, 1.54) is 12.1 Å². The van der Waals surface area contributed by atoms with Crippen molar-refractivity contribution in [3.63, 3.8) is 0 Å². The summed E-state index contributed by atoms with van der Waals surface area (Å²) in [4.78, 5) is 23.7. The summed E-state index contributed by atoms with van der Waals surface area (Å²) in [5.41, 5.74) is 2.18. The van der Waals surface area contributed by atoms with Gasteiger partial charge in [0.25, 0.3) is 5.91 Å². The highest BCUT2D eigenvalue weighted by Crippen LogP contribution is 2.29. The molecular weight excluding hydrogens is 379 g/mol. The number of halogens is 3. The first-order valence-corrected chi connectivity index (χ1v) is 8.97. The number of hydrogen-bond donors (Lipinski definition) is 1. The van der Waals surface area contributed by atoms with Crippen LogP contribution in [-0.4, -0.2) is 12.2 Å². The van der Waals surface area contributed by atoms with E-state index < -0.39 is 11.7 Å². The molecule has 148 valence electrons. The molecule has 3 rings (SSSR count). The number of hydrogen-bond acceptors (Lipinski definition) is 2. The largest absolute Gasteiger partial charge is 0.416 e. The number of nitrogens with one attached hydrogen (secondary N) is 1. The Labute approximate surface area is 166 Å².